The Kier molecular flexibility index (Phi) is 4.46. The average Bonchev–Trinajstić information content (AvgIpc) is 2.38. The molecule has 1 aliphatic heterocycles. The van der Waals surface area contributed by atoms with Crippen molar-refractivity contribution in [3.05, 3.63) is 28.7 Å². The minimum absolute atomic E-state index is 0.0948. The molecular formula is C12H13BrF3NO2S. The van der Waals surface area contributed by atoms with Gasteiger partial charge in [0.05, 0.1) is 10.8 Å². The third kappa shape index (κ3) is 3.35. The van der Waals surface area contributed by atoms with Crippen molar-refractivity contribution in [3.63, 3.8) is 0 Å². The quantitative estimate of drug-likeness (QED) is 0.798. The standard InChI is InChI=1S/C12H13BrF3NO2S/c13-10-2-1-3-11(8-10)20(18,19)17-6-4-9(5-7-17)12(14,15)16/h1-3,8-9H,4-7H2. The van der Waals surface area contributed by atoms with Crippen molar-refractivity contribution in [3.8, 4) is 0 Å². The number of rotatable bonds is 2. The molecule has 1 aromatic carbocycles. The Hall–Kier alpha value is -0.600. The summed E-state index contributed by atoms with van der Waals surface area (Å²) >= 11 is 3.18. The first-order chi connectivity index (χ1) is 9.21. The zero-order chi connectivity index (χ0) is 15.0. The van der Waals surface area contributed by atoms with Crippen LogP contribution < -0.4 is 0 Å². The van der Waals surface area contributed by atoms with E-state index in [-0.39, 0.29) is 30.8 Å². The predicted octanol–water partition coefficient (Wildman–Crippen LogP) is 3.41. The van der Waals surface area contributed by atoms with Crippen molar-refractivity contribution in [1.29, 1.82) is 0 Å². The molecule has 20 heavy (non-hydrogen) atoms. The van der Waals surface area contributed by atoms with Crippen LogP contribution in [0.15, 0.2) is 33.6 Å². The Bertz CT molecular complexity index is 581. The van der Waals surface area contributed by atoms with E-state index in [0.29, 0.717) is 4.47 Å². The van der Waals surface area contributed by atoms with Crippen LogP contribution in [0.3, 0.4) is 0 Å². The van der Waals surface area contributed by atoms with E-state index in [1.165, 1.54) is 12.1 Å². The molecule has 1 saturated heterocycles. The Morgan fingerprint density at radius 3 is 2.30 bits per heavy atom. The normalized spacial score (nSPS) is 19.2. The second kappa shape index (κ2) is 5.65. The third-order valence-corrected chi connectivity index (χ3v) is 5.74. The number of hydrogen-bond acceptors (Lipinski definition) is 2. The van der Waals surface area contributed by atoms with Gasteiger partial charge in [-0.05, 0) is 31.0 Å². The predicted molar refractivity (Wildman–Crippen MR) is 71.7 cm³/mol. The first kappa shape index (κ1) is 15.8. The number of benzene rings is 1. The van der Waals surface area contributed by atoms with E-state index >= 15 is 0 Å². The van der Waals surface area contributed by atoms with Crippen LogP contribution in [0, 0.1) is 5.92 Å². The molecule has 1 fully saturated rings. The minimum Gasteiger partial charge on any atom is -0.207 e. The second-order valence-electron chi connectivity index (χ2n) is 4.68. The Labute approximate surface area is 123 Å². The number of hydrogen-bond donors (Lipinski definition) is 0. The molecule has 1 aromatic rings. The average molecular weight is 372 g/mol. The van der Waals surface area contributed by atoms with Gasteiger partial charge in [0.1, 0.15) is 0 Å². The van der Waals surface area contributed by atoms with Gasteiger partial charge in [-0.25, -0.2) is 8.42 Å². The van der Waals surface area contributed by atoms with Crippen LogP contribution in [0.4, 0.5) is 13.2 Å². The number of halogens is 4. The van der Waals surface area contributed by atoms with Gasteiger partial charge < -0.3 is 0 Å². The van der Waals surface area contributed by atoms with Crippen LogP contribution >= 0.6 is 15.9 Å². The van der Waals surface area contributed by atoms with Crippen LogP contribution in [0.5, 0.6) is 0 Å². The van der Waals surface area contributed by atoms with E-state index in [0.717, 1.165) is 4.31 Å². The van der Waals surface area contributed by atoms with E-state index in [4.69, 9.17) is 0 Å². The van der Waals surface area contributed by atoms with Crippen LogP contribution in [0.1, 0.15) is 12.8 Å². The highest BCUT2D eigenvalue weighted by atomic mass is 79.9. The molecule has 3 nitrogen and oxygen atoms in total. The molecule has 0 amide bonds. The highest BCUT2D eigenvalue weighted by molar-refractivity contribution is 9.10. The maximum atomic E-state index is 12.6. The lowest BCUT2D eigenvalue weighted by molar-refractivity contribution is -0.182. The lowest BCUT2D eigenvalue weighted by Crippen LogP contribution is -2.42. The van der Waals surface area contributed by atoms with Gasteiger partial charge in [-0.3, -0.25) is 0 Å². The Morgan fingerprint density at radius 1 is 1.20 bits per heavy atom. The van der Waals surface area contributed by atoms with E-state index in [1.54, 1.807) is 12.1 Å². The molecule has 0 unspecified atom stereocenters. The van der Waals surface area contributed by atoms with Gasteiger partial charge in [0.2, 0.25) is 10.0 Å². The Morgan fingerprint density at radius 2 is 1.80 bits per heavy atom. The highest BCUT2D eigenvalue weighted by Gasteiger charge is 2.43. The molecular weight excluding hydrogens is 359 g/mol. The zero-order valence-electron chi connectivity index (χ0n) is 10.4. The van der Waals surface area contributed by atoms with Crippen molar-refractivity contribution < 1.29 is 21.6 Å². The van der Waals surface area contributed by atoms with Gasteiger partial charge in [-0.2, -0.15) is 17.5 Å². The van der Waals surface area contributed by atoms with Crippen LogP contribution in [0.25, 0.3) is 0 Å². The molecule has 0 N–H and O–H groups in total. The molecule has 0 bridgehead atoms. The summed E-state index contributed by atoms with van der Waals surface area (Å²) in [7, 11) is -3.72. The fraction of sp³-hybridized carbons (Fsp3) is 0.500. The second-order valence-corrected chi connectivity index (χ2v) is 7.53. The topological polar surface area (TPSA) is 37.4 Å². The molecule has 0 atom stereocenters. The summed E-state index contributed by atoms with van der Waals surface area (Å²) in [6, 6.07) is 6.16. The summed E-state index contributed by atoms with van der Waals surface area (Å²) in [5.74, 6) is -1.41. The maximum absolute atomic E-state index is 12.6. The number of sulfonamides is 1. The monoisotopic (exact) mass is 371 g/mol. The lowest BCUT2D eigenvalue weighted by atomic mass is 9.98. The van der Waals surface area contributed by atoms with E-state index in [1.807, 2.05) is 0 Å². The van der Waals surface area contributed by atoms with Crippen LogP contribution in [-0.2, 0) is 10.0 Å². The van der Waals surface area contributed by atoms with Crippen molar-refractivity contribution in [2.45, 2.75) is 23.9 Å². The van der Waals surface area contributed by atoms with Gasteiger partial charge in [0.15, 0.2) is 0 Å². The molecule has 2 rings (SSSR count). The van der Waals surface area contributed by atoms with Crippen LogP contribution in [-0.4, -0.2) is 32.0 Å². The van der Waals surface area contributed by atoms with E-state index in [9.17, 15) is 21.6 Å². The first-order valence-electron chi connectivity index (χ1n) is 6.03. The molecule has 8 heteroatoms. The fourth-order valence-electron chi connectivity index (χ4n) is 2.20. The van der Waals surface area contributed by atoms with Gasteiger partial charge >= 0.3 is 6.18 Å². The Balaban J connectivity index is 2.14. The zero-order valence-corrected chi connectivity index (χ0v) is 12.8. The summed E-state index contributed by atoms with van der Waals surface area (Å²) in [6.07, 6.45) is -4.61. The fourth-order valence-corrected chi connectivity index (χ4v) is 4.27. The van der Waals surface area contributed by atoms with Crippen molar-refractivity contribution in [1.82, 2.24) is 4.31 Å². The molecule has 0 saturated carbocycles. The molecule has 112 valence electrons. The SMILES string of the molecule is O=S(=O)(c1cccc(Br)c1)N1CCC(C(F)(F)F)CC1. The molecule has 0 spiro atoms. The largest absolute Gasteiger partial charge is 0.391 e. The number of nitrogens with zero attached hydrogens (tertiary/aromatic N) is 1. The van der Waals surface area contributed by atoms with Gasteiger partial charge in [0, 0.05) is 17.6 Å². The minimum atomic E-state index is -4.24. The highest BCUT2D eigenvalue weighted by Crippen LogP contribution is 2.35. The lowest BCUT2D eigenvalue weighted by Gasteiger charge is -2.32. The summed E-state index contributed by atoms with van der Waals surface area (Å²) < 4.78 is 64.1. The first-order valence-corrected chi connectivity index (χ1v) is 8.27. The summed E-state index contributed by atoms with van der Waals surface area (Å²) in [5, 5.41) is 0. The molecule has 0 aromatic heterocycles. The van der Waals surface area contributed by atoms with E-state index < -0.39 is 22.1 Å². The van der Waals surface area contributed by atoms with Crippen LogP contribution in [0.2, 0.25) is 0 Å². The van der Waals surface area contributed by atoms with Crippen molar-refractivity contribution in [2.75, 3.05) is 13.1 Å². The van der Waals surface area contributed by atoms with Gasteiger partial charge in [0.25, 0.3) is 0 Å². The molecule has 0 aliphatic carbocycles. The number of alkyl halides is 3. The molecule has 1 aliphatic rings. The summed E-state index contributed by atoms with van der Waals surface area (Å²) in [4.78, 5) is 0.0948. The van der Waals surface area contributed by atoms with Crippen molar-refractivity contribution in [2.24, 2.45) is 5.92 Å². The third-order valence-electron chi connectivity index (χ3n) is 3.35. The van der Waals surface area contributed by atoms with Gasteiger partial charge in [-0.15, -0.1) is 0 Å². The summed E-state index contributed by atoms with van der Waals surface area (Å²) in [6.45, 7) is -0.196. The van der Waals surface area contributed by atoms with E-state index in [2.05, 4.69) is 15.9 Å². The van der Waals surface area contributed by atoms with Gasteiger partial charge in [-0.1, -0.05) is 22.0 Å². The molecule has 1 heterocycles. The summed E-state index contributed by atoms with van der Waals surface area (Å²) in [5.41, 5.74) is 0. The maximum Gasteiger partial charge on any atom is 0.391 e. The number of piperidine rings is 1. The van der Waals surface area contributed by atoms with Crippen molar-refractivity contribution >= 4 is 26.0 Å². The smallest absolute Gasteiger partial charge is 0.207 e. The molecule has 0 radical (unpaired) electrons.